The van der Waals surface area contributed by atoms with Crippen molar-refractivity contribution >= 4 is 5.91 Å². The number of rotatable bonds is 4. The minimum absolute atomic E-state index is 0.00225. The first-order chi connectivity index (χ1) is 9.89. The lowest BCUT2D eigenvalue weighted by molar-refractivity contribution is -0.189. The van der Waals surface area contributed by atoms with Crippen LogP contribution in [0.5, 0.6) is 0 Å². The van der Waals surface area contributed by atoms with Crippen LogP contribution in [0.3, 0.4) is 0 Å². The third-order valence-electron chi connectivity index (χ3n) is 2.89. The predicted octanol–water partition coefficient (Wildman–Crippen LogP) is 1.44. The van der Waals surface area contributed by atoms with Gasteiger partial charge in [0, 0.05) is 7.05 Å². The van der Waals surface area contributed by atoms with Gasteiger partial charge in [-0.1, -0.05) is 30.3 Å². The van der Waals surface area contributed by atoms with E-state index < -0.39 is 18.1 Å². The molecule has 0 aliphatic heterocycles. The van der Waals surface area contributed by atoms with Crippen LogP contribution < -0.4 is 0 Å². The summed E-state index contributed by atoms with van der Waals surface area (Å²) in [6.45, 7) is -0.358. The Bertz CT molecular complexity index is 585. The summed E-state index contributed by atoms with van der Waals surface area (Å²) in [5, 5.41) is 10.1. The summed E-state index contributed by atoms with van der Waals surface area (Å²) < 4.78 is 40.8. The molecular weight excluding hydrogens is 287 g/mol. The van der Waals surface area contributed by atoms with Gasteiger partial charge in [-0.2, -0.15) is 13.2 Å². The molecule has 0 saturated carbocycles. The lowest BCUT2D eigenvalue weighted by atomic mass is 10.1. The molecule has 1 heterocycles. The van der Waals surface area contributed by atoms with Crippen LogP contribution >= 0.6 is 0 Å². The molecule has 1 aromatic heterocycles. The number of likely N-dealkylation sites (N-methyl/N-ethyl adjacent to an activating group) is 1. The molecule has 2 rings (SSSR count). The Morgan fingerprint density at radius 3 is 2.52 bits per heavy atom. The molecule has 0 spiro atoms. The molecule has 2 aromatic rings. The van der Waals surface area contributed by atoms with E-state index in [9.17, 15) is 18.0 Å². The highest BCUT2D eigenvalue weighted by Gasteiger charge is 2.45. The van der Waals surface area contributed by atoms with Crippen molar-refractivity contribution in [3.8, 4) is 0 Å². The van der Waals surface area contributed by atoms with Crippen molar-refractivity contribution in [3.05, 3.63) is 42.2 Å². The van der Waals surface area contributed by atoms with Crippen molar-refractivity contribution in [1.29, 1.82) is 0 Å². The summed E-state index contributed by atoms with van der Waals surface area (Å²) in [5.41, 5.74) is -0.00225. The van der Waals surface area contributed by atoms with Gasteiger partial charge in [-0.15, -0.1) is 5.10 Å². The number of nitrogens with zero attached hydrogens (tertiary/aromatic N) is 5. The van der Waals surface area contributed by atoms with Gasteiger partial charge < -0.3 is 4.90 Å². The van der Waals surface area contributed by atoms with E-state index >= 15 is 0 Å². The van der Waals surface area contributed by atoms with Gasteiger partial charge in [0.05, 0.1) is 0 Å². The maximum absolute atomic E-state index is 13.3. The molecule has 1 unspecified atom stereocenters. The van der Waals surface area contributed by atoms with Gasteiger partial charge in [0.25, 0.3) is 0 Å². The van der Waals surface area contributed by atoms with Gasteiger partial charge in [-0.3, -0.25) is 4.79 Å². The second-order valence-electron chi connectivity index (χ2n) is 4.37. The second kappa shape index (κ2) is 5.90. The van der Waals surface area contributed by atoms with Crippen molar-refractivity contribution in [2.75, 3.05) is 7.05 Å². The third-order valence-corrected chi connectivity index (χ3v) is 2.89. The van der Waals surface area contributed by atoms with Crippen LogP contribution in [-0.2, 0) is 11.3 Å². The molecule has 0 saturated heterocycles. The number of carbonyl (C=O) groups excluding carboxylic acids is 1. The zero-order chi connectivity index (χ0) is 15.5. The maximum Gasteiger partial charge on any atom is 0.413 e. The number of tetrazole rings is 1. The topological polar surface area (TPSA) is 63.9 Å². The molecule has 0 bridgehead atoms. The van der Waals surface area contributed by atoms with Crippen molar-refractivity contribution in [2.45, 2.75) is 18.8 Å². The number of alkyl halides is 3. The molecule has 1 atom stereocenters. The SMILES string of the molecule is CN(C(=O)Cn1cnnn1)C(c1ccccc1)C(F)(F)F. The molecule has 6 nitrogen and oxygen atoms in total. The summed E-state index contributed by atoms with van der Waals surface area (Å²) >= 11 is 0. The van der Waals surface area contributed by atoms with E-state index in [4.69, 9.17) is 0 Å². The molecular formula is C12H12F3N5O. The fourth-order valence-corrected chi connectivity index (χ4v) is 1.91. The molecule has 0 aliphatic carbocycles. The average molecular weight is 299 g/mol. The maximum atomic E-state index is 13.3. The van der Waals surface area contributed by atoms with Gasteiger partial charge in [0.2, 0.25) is 5.91 Å². The molecule has 0 aliphatic rings. The predicted molar refractivity (Wildman–Crippen MR) is 65.8 cm³/mol. The molecule has 21 heavy (non-hydrogen) atoms. The Balaban J connectivity index is 2.23. The molecule has 9 heteroatoms. The largest absolute Gasteiger partial charge is 0.413 e. The van der Waals surface area contributed by atoms with Crippen molar-refractivity contribution in [2.24, 2.45) is 0 Å². The first-order valence-corrected chi connectivity index (χ1v) is 5.97. The van der Waals surface area contributed by atoms with E-state index in [0.717, 1.165) is 18.1 Å². The van der Waals surface area contributed by atoms with Crippen LogP contribution in [0, 0.1) is 0 Å². The Labute approximate surface area is 118 Å². The van der Waals surface area contributed by atoms with Gasteiger partial charge in [-0.25, -0.2) is 4.68 Å². The average Bonchev–Trinajstić information content (AvgIpc) is 2.91. The number of carbonyl (C=O) groups is 1. The van der Waals surface area contributed by atoms with E-state index in [1.165, 1.54) is 24.3 Å². The summed E-state index contributed by atoms with van der Waals surface area (Å²) in [6.07, 6.45) is -3.41. The second-order valence-corrected chi connectivity index (χ2v) is 4.37. The first-order valence-electron chi connectivity index (χ1n) is 5.97. The van der Waals surface area contributed by atoms with E-state index in [0.29, 0.717) is 4.90 Å². The van der Waals surface area contributed by atoms with E-state index in [2.05, 4.69) is 15.5 Å². The molecule has 0 N–H and O–H groups in total. The van der Waals surface area contributed by atoms with E-state index in [1.54, 1.807) is 6.07 Å². The van der Waals surface area contributed by atoms with Gasteiger partial charge in [0.1, 0.15) is 12.9 Å². The van der Waals surface area contributed by atoms with Crippen molar-refractivity contribution in [1.82, 2.24) is 25.1 Å². The lowest BCUT2D eigenvalue weighted by Gasteiger charge is -2.30. The number of hydrogen-bond donors (Lipinski definition) is 0. The molecule has 1 amide bonds. The highest BCUT2D eigenvalue weighted by atomic mass is 19.4. The fraction of sp³-hybridized carbons (Fsp3) is 0.333. The number of amides is 1. The number of halogens is 3. The van der Waals surface area contributed by atoms with Crippen LogP contribution in [0.25, 0.3) is 0 Å². The standard InChI is InChI=1S/C12H12F3N5O/c1-19(10(21)7-20-8-16-17-18-20)11(12(13,14)15)9-5-3-2-4-6-9/h2-6,8,11H,7H2,1H3. The van der Waals surface area contributed by atoms with Crippen LogP contribution in [-0.4, -0.2) is 44.2 Å². The van der Waals surface area contributed by atoms with Crippen molar-refractivity contribution < 1.29 is 18.0 Å². The van der Waals surface area contributed by atoms with Gasteiger partial charge in [-0.05, 0) is 16.0 Å². The zero-order valence-corrected chi connectivity index (χ0v) is 11.0. The van der Waals surface area contributed by atoms with Crippen LogP contribution in [0.2, 0.25) is 0 Å². The fourth-order valence-electron chi connectivity index (χ4n) is 1.91. The summed E-state index contributed by atoms with van der Waals surface area (Å²) in [4.78, 5) is 12.6. The Hall–Kier alpha value is -2.45. The summed E-state index contributed by atoms with van der Waals surface area (Å²) in [7, 11) is 1.11. The minimum atomic E-state index is -4.58. The van der Waals surface area contributed by atoms with Crippen LogP contribution in [0.4, 0.5) is 13.2 Å². The Morgan fingerprint density at radius 1 is 1.33 bits per heavy atom. The highest BCUT2D eigenvalue weighted by Crippen LogP contribution is 2.36. The molecule has 1 aromatic carbocycles. The molecule has 112 valence electrons. The smallest absolute Gasteiger partial charge is 0.328 e. The minimum Gasteiger partial charge on any atom is -0.328 e. The lowest BCUT2D eigenvalue weighted by Crippen LogP contribution is -2.41. The quantitative estimate of drug-likeness (QED) is 0.857. The number of hydrogen-bond acceptors (Lipinski definition) is 4. The van der Waals surface area contributed by atoms with Gasteiger partial charge >= 0.3 is 6.18 Å². The number of aromatic nitrogens is 4. The van der Waals surface area contributed by atoms with Crippen LogP contribution in [0.1, 0.15) is 11.6 Å². The molecule has 0 fully saturated rings. The van der Waals surface area contributed by atoms with Crippen molar-refractivity contribution in [3.63, 3.8) is 0 Å². The number of benzene rings is 1. The first kappa shape index (κ1) is 14.9. The Morgan fingerprint density at radius 2 is 2.00 bits per heavy atom. The summed E-state index contributed by atoms with van der Waals surface area (Å²) in [6, 6.07) is 5.25. The van der Waals surface area contributed by atoms with Gasteiger partial charge in [0.15, 0.2) is 6.04 Å². The highest BCUT2D eigenvalue weighted by molar-refractivity contribution is 5.76. The van der Waals surface area contributed by atoms with E-state index in [1.807, 2.05) is 0 Å². The normalized spacial score (nSPS) is 13.0. The zero-order valence-electron chi connectivity index (χ0n) is 11.0. The summed E-state index contributed by atoms with van der Waals surface area (Å²) in [5.74, 6) is -0.742. The third kappa shape index (κ3) is 3.56. The monoisotopic (exact) mass is 299 g/mol. The Kier molecular flexibility index (Phi) is 4.20. The van der Waals surface area contributed by atoms with E-state index in [-0.39, 0.29) is 12.1 Å². The molecule has 0 radical (unpaired) electrons. The van der Waals surface area contributed by atoms with Crippen LogP contribution in [0.15, 0.2) is 36.7 Å².